The van der Waals surface area contributed by atoms with Crippen LogP contribution in [0.3, 0.4) is 0 Å². The Kier molecular flexibility index (Phi) is 2.97. The van der Waals surface area contributed by atoms with Crippen LogP contribution in [0, 0.1) is 5.41 Å². The van der Waals surface area contributed by atoms with Crippen LogP contribution in [-0.4, -0.2) is 4.87 Å². The molecular formula is C9H17Cl. The molecular weight excluding hydrogens is 144 g/mol. The third kappa shape index (κ3) is 2.34. The highest BCUT2D eigenvalue weighted by atomic mass is 35.5. The topological polar surface area (TPSA) is 0 Å². The molecule has 0 atom stereocenters. The fourth-order valence-electron chi connectivity index (χ4n) is 0.604. The summed E-state index contributed by atoms with van der Waals surface area (Å²) in [6.45, 7) is 12.1. The maximum absolute atomic E-state index is 6.16. The molecule has 0 fully saturated rings. The molecule has 10 heavy (non-hydrogen) atoms. The first-order chi connectivity index (χ1) is 4.31. The van der Waals surface area contributed by atoms with Gasteiger partial charge in [0.15, 0.2) is 0 Å². The van der Waals surface area contributed by atoms with Gasteiger partial charge in [0.05, 0.1) is 0 Å². The van der Waals surface area contributed by atoms with Crippen molar-refractivity contribution in [2.24, 2.45) is 5.41 Å². The summed E-state index contributed by atoms with van der Waals surface area (Å²) in [5.41, 5.74) is 0.135. The number of halogens is 1. The van der Waals surface area contributed by atoms with Crippen molar-refractivity contribution >= 4 is 11.6 Å². The third-order valence-corrected chi connectivity index (χ3v) is 2.78. The van der Waals surface area contributed by atoms with Gasteiger partial charge in [0.1, 0.15) is 0 Å². The second kappa shape index (κ2) is 2.96. The predicted octanol–water partition coefficient (Wildman–Crippen LogP) is 3.61. The number of alkyl halides is 1. The molecule has 60 valence electrons. The van der Waals surface area contributed by atoms with Crippen molar-refractivity contribution in [3.63, 3.8) is 0 Å². The predicted molar refractivity (Wildman–Crippen MR) is 48.5 cm³/mol. The Morgan fingerprint density at radius 2 is 1.70 bits per heavy atom. The molecule has 0 saturated heterocycles. The Balaban J connectivity index is 4.23. The average molecular weight is 161 g/mol. The first kappa shape index (κ1) is 10.0. The molecule has 0 spiro atoms. The van der Waals surface area contributed by atoms with Gasteiger partial charge in [-0.05, 0) is 25.7 Å². The van der Waals surface area contributed by atoms with Gasteiger partial charge in [0, 0.05) is 4.87 Å². The molecule has 0 unspecified atom stereocenters. The van der Waals surface area contributed by atoms with Crippen molar-refractivity contribution in [1.82, 2.24) is 0 Å². The van der Waals surface area contributed by atoms with Crippen LogP contribution in [0.1, 0.15) is 34.1 Å². The minimum atomic E-state index is -0.152. The maximum atomic E-state index is 6.16. The van der Waals surface area contributed by atoms with Crippen molar-refractivity contribution < 1.29 is 0 Å². The zero-order valence-corrected chi connectivity index (χ0v) is 8.13. The lowest BCUT2D eigenvalue weighted by molar-refractivity contribution is 0.280. The second-order valence-corrected chi connectivity index (χ2v) is 4.79. The molecule has 0 radical (unpaired) electrons. The zero-order valence-electron chi connectivity index (χ0n) is 7.37. The molecule has 0 bridgehead atoms. The minimum absolute atomic E-state index is 0.135. The van der Waals surface area contributed by atoms with Gasteiger partial charge in [-0.3, -0.25) is 0 Å². The number of rotatable bonds is 3. The van der Waals surface area contributed by atoms with E-state index in [1.54, 1.807) is 0 Å². The summed E-state index contributed by atoms with van der Waals surface area (Å²) in [5.74, 6) is 0. The van der Waals surface area contributed by atoms with Crippen LogP contribution in [-0.2, 0) is 0 Å². The standard InChI is InChI=1S/C9H17Cl/c1-6-7-8(2,3)9(4,5)10/h6H,1,7H2,2-5H3. The van der Waals surface area contributed by atoms with Gasteiger partial charge < -0.3 is 0 Å². The van der Waals surface area contributed by atoms with E-state index >= 15 is 0 Å². The van der Waals surface area contributed by atoms with Crippen molar-refractivity contribution in [3.8, 4) is 0 Å². The largest absolute Gasteiger partial charge is 0.119 e. The molecule has 0 aliphatic heterocycles. The molecule has 0 amide bonds. The van der Waals surface area contributed by atoms with Crippen LogP contribution in [0.2, 0.25) is 0 Å². The molecule has 0 N–H and O–H groups in total. The minimum Gasteiger partial charge on any atom is -0.119 e. The first-order valence-corrected chi connectivity index (χ1v) is 3.99. The number of hydrogen-bond donors (Lipinski definition) is 0. The highest BCUT2D eigenvalue weighted by Crippen LogP contribution is 2.38. The molecule has 1 heteroatoms. The Labute approximate surface area is 69.3 Å². The van der Waals surface area contributed by atoms with E-state index in [0.717, 1.165) is 6.42 Å². The van der Waals surface area contributed by atoms with Crippen LogP contribution in [0.5, 0.6) is 0 Å². The molecule has 0 aromatic carbocycles. The quantitative estimate of drug-likeness (QED) is 0.437. The molecule has 0 nitrogen and oxygen atoms in total. The van der Waals surface area contributed by atoms with E-state index in [9.17, 15) is 0 Å². The van der Waals surface area contributed by atoms with E-state index in [2.05, 4.69) is 20.4 Å². The number of allylic oxidation sites excluding steroid dienone is 1. The highest BCUT2D eigenvalue weighted by molar-refractivity contribution is 6.23. The summed E-state index contributed by atoms with van der Waals surface area (Å²) in [5, 5.41) is 0. The fraction of sp³-hybridized carbons (Fsp3) is 0.778. The van der Waals surface area contributed by atoms with Gasteiger partial charge >= 0.3 is 0 Å². The lowest BCUT2D eigenvalue weighted by Crippen LogP contribution is -2.32. The van der Waals surface area contributed by atoms with Crippen molar-refractivity contribution in [2.75, 3.05) is 0 Å². The third-order valence-electron chi connectivity index (χ3n) is 2.26. The van der Waals surface area contributed by atoms with E-state index in [-0.39, 0.29) is 10.3 Å². The Hall–Kier alpha value is 0.0300. The van der Waals surface area contributed by atoms with Crippen molar-refractivity contribution in [1.29, 1.82) is 0 Å². The van der Waals surface area contributed by atoms with Crippen LogP contribution in [0.25, 0.3) is 0 Å². The van der Waals surface area contributed by atoms with Crippen LogP contribution in [0.15, 0.2) is 12.7 Å². The summed E-state index contributed by atoms with van der Waals surface area (Å²) in [7, 11) is 0. The molecule has 0 aromatic rings. The summed E-state index contributed by atoms with van der Waals surface area (Å²) < 4.78 is 0. The molecule has 0 aliphatic carbocycles. The van der Waals surface area contributed by atoms with E-state index in [4.69, 9.17) is 11.6 Å². The molecule has 0 heterocycles. The Morgan fingerprint density at radius 1 is 1.30 bits per heavy atom. The normalized spacial score (nSPS) is 13.3. The van der Waals surface area contributed by atoms with Gasteiger partial charge in [-0.15, -0.1) is 18.2 Å². The zero-order chi connectivity index (χ0) is 8.41. The lowest BCUT2D eigenvalue weighted by Gasteiger charge is -2.35. The molecule has 0 aromatic heterocycles. The van der Waals surface area contributed by atoms with Gasteiger partial charge in [0.25, 0.3) is 0 Å². The van der Waals surface area contributed by atoms with Crippen molar-refractivity contribution in [2.45, 2.75) is 39.0 Å². The van der Waals surface area contributed by atoms with Crippen LogP contribution >= 0.6 is 11.6 Å². The summed E-state index contributed by atoms with van der Waals surface area (Å²) >= 11 is 6.16. The Morgan fingerprint density at radius 3 is 1.80 bits per heavy atom. The van der Waals surface area contributed by atoms with Crippen LogP contribution in [0.4, 0.5) is 0 Å². The van der Waals surface area contributed by atoms with Gasteiger partial charge in [-0.25, -0.2) is 0 Å². The van der Waals surface area contributed by atoms with Gasteiger partial charge in [0.2, 0.25) is 0 Å². The monoisotopic (exact) mass is 160 g/mol. The smallest absolute Gasteiger partial charge is 0.0444 e. The highest BCUT2D eigenvalue weighted by Gasteiger charge is 2.33. The second-order valence-electron chi connectivity index (χ2n) is 3.85. The van der Waals surface area contributed by atoms with E-state index in [1.807, 2.05) is 19.9 Å². The van der Waals surface area contributed by atoms with E-state index in [0.29, 0.717) is 0 Å². The Bertz CT molecular complexity index is 117. The fourth-order valence-corrected chi connectivity index (χ4v) is 0.681. The lowest BCUT2D eigenvalue weighted by atomic mass is 9.78. The summed E-state index contributed by atoms with van der Waals surface area (Å²) in [6, 6.07) is 0. The molecule has 0 rings (SSSR count). The maximum Gasteiger partial charge on any atom is 0.0444 e. The van der Waals surface area contributed by atoms with Crippen LogP contribution < -0.4 is 0 Å². The van der Waals surface area contributed by atoms with E-state index in [1.165, 1.54) is 0 Å². The SMILES string of the molecule is C=CCC(C)(C)C(C)(C)Cl. The van der Waals surface area contributed by atoms with Gasteiger partial charge in [-0.2, -0.15) is 0 Å². The van der Waals surface area contributed by atoms with E-state index < -0.39 is 0 Å². The summed E-state index contributed by atoms with van der Waals surface area (Å²) in [6.07, 6.45) is 2.88. The van der Waals surface area contributed by atoms with Crippen molar-refractivity contribution in [3.05, 3.63) is 12.7 Å². The molecule has 0 saturated carbocycles. The van der Waals surface area contributed by atoms with Gasteiger partial charge in [-0.1, -0.05) is 19.9 Å². The first-order valence-electron chi connectivity index (χ1n) is 3.61. The average Bonchev–Trinajstić information content (AvgIpc) is 1.61. The number of hydrogen-bond acceptors (Lipinski definition) is 0. The summed E-state index contributed by atoms with van der Waals surface area (Å²) in [4.78, 5) is -0.152. The molecule has 0 aliphatic rings.